The summed E-state index contributed by atoms with van der Waals surface area (Å²) in [4.78, 5) is 21.8. The van der Waals surface area contributed by atoms with Crippen LogP contribution in [-0.4, -0.2) is 30.8 Å². The molecular weight excluding hydrogens is 248 g/mol. The van der Waals surface area contributed by atoms with Crippen molar-refractivity contribution in [3.8, 4) is 5.75 Å². The van der Waals surface area contributed by atoms with Gasteiger partial charge in [0.1, 0.15) is 12.3 Å². The third kappa shape index (κ3) is 4.50. The maximum Gasteiger partial charge on any atom is 0.323 e. The number of hydrogen-bond donors (Lipinski definition) is 3. The van der Waals surface area contributed by atoms with Crippen LogP contribution in [0.2, 0.25) is 0 Å². The molecular formula is C13H18N2O4. The van der Waals surface area contributed by atoms with E-state index in [4.69, 9.17) is 9.84 Å². The van der Waals surface area contributed by atoms with Crippen molar-refractivity contribution in [3.63, 3.8) is 0 Å². The zero-order chi connectivity index (χ0) is 14.4. The second kappa shape index (κ2) is 6.63. The normalized spacial score (nSPS) is 10.1. The number of hydrogen-bond acceptors (Lipinski definition) is 3. The van der Waals surface area contributed by atoms with Gasteiger partial charge in [0.15, 0.2) is 0 Å². The lowest BCUT2D eigenvalue weighted by atomic mass is 10.0. The van der Waals surface area contributed by atoms with Crippen LogP contribution >= 0.6 is 0 Å². The lowest BCUT2D eigenvalue weighted by Crippen LogP contribution is -2.33. The van der Waals surface area contributed by atoms with E-state index in [0.29, 0.717) is 5.69 Å². The van der Waals surface area contributed by atoms with Gasteiger partial charge in [0.2, 0.25) is 0 Å². The molecule has 0 bridgehead atoms. The highest BCUT2D eigenvalue weighted by Crippen LogP contribution is 2.29. The van der Waals surface area contributed by atoms with Gasteiger partial charge in [0.05, 0.1) is 7.11 Å². The van der Waals surface area contributed by atoms with Crippen molar-refractivity contribution < 1.29 is 19.4 Å². The van der Waals surface area contributed by atoms with Crippen LogP contribution in [0.15, 0.2) is 18.2 Å². The van der Waals surface area contributed by atoms with Gasteiger partial charge in [0, 0.05) is 5.69 Å². The van der Waals surface area contributed by atoms with E-state index in [1.807, 2.05) is 19.9 Å². The van der Waals surface area contributed by atoms with Gasteiger partial charge in [-0.25, -0.2) is 4.79 Å². The number of methoxy groups -OCH3 is 1. The number of urea groups is 1. The van der Waals surface area contributed by atoms with E-state index in [1.165, 1.54) is 0 Å². The molecule has 0 aliphatic heterocycles. The summed E-state index contributed by atoms with van der Waals surface area (Å²) >= 11 is 0. The Labute approximate surface area is 111 Å². The Morgan fingerprint density at radius 3 is 2.58 bits per heavy atom. The minimum atomic E-state index is -1.09. The Balaban J connectivity index is 2.76. The van der Waals surface area contributed by atoms with Gasteiger partial charge in [-0.2, -0.15) is 0 Å². The summed E-state index contributed by atoms with van der Waals surface area (Å²) in [5.41, 5.74) is 1.56. The number of carboxylic acid groups (broad SMARTS) is 1. The topological polar surface area (TPSA) is 87.7 Å². The van der Waals surface area contributed by atoms with Crippen LogP contribution in [0.25, 0.3) is 0 Å². The van der Waals surface area contributed by atoms with Crippen molar-refractivity contribution >= 4 is 17.7 Å². The van der Waals surface area contributed by atoms with E-state index in [0.717, 1.165) is 11.3 Å². The number of anilines is 1. The molecule has 0 saturated heterocycles. The van der Waals surface area contributed by atoms with Crippen molar-refractivity contribution in [2.24, 2.45) is 0 Å². The Hall–Kier alpha value is -2.24. The van der Waals surface area contributed by atoms with E-state index < -0.39 is 18.5 Å². The second-order valence-electron chi connectivity index (χ2n) is 4.31. The number of nitrogens with one attached hydrogen (secondary N) is 2. The monoisotopic (exact) mass is 266 g/mol. The summed E-state index contributed by atoms with van der Waals surface area (Å²) in [6.45, 7) is 3.62. The molecule has 0 aliphatic carbocycles. The summed E-state index contributed by atoms with van der Waals surface area (Å²) in [6, 6.07) is 4.72. The fourth-order valence-electron chi connectivity index (χ4n) is 1.59. The summed E-state index contributed by atoms with van der Waals surface area (Å²) in [5.74, 6) is -0.0852. The summed E-state index contributed by atoms with van der Waals surface area (Å²) in [7, 11) is 1.59. The minimum Gasteiger partial charge on any atom is -0.496 e. The van der Waals surface area contributed by atoms with E-state index in [9.17, 15) is 9.59 Å². The molecule has 0 radical (unpaired) electrons. The first-order chi connectivity index (χ1) is 8.93. The largest absolute Gasteiger partial charge is 0.496 e. The molecule has 0 heterocycles. The first-order valence-corrected chi connectivity index (χ1v) is 5.88. The predicted molar refractivity (Wildman–Crippen MR) is 71.7 cm³/mol. The molecule has 6 nitrogen and oxygen atoms in total. The van der Waals surface area contributed by atoms with E-state index in [2.05, 4.69) is 10.6 Å². The van der Waals surface area contributed by atoms with Crippen molar-refractivity contribution in [2.75, 3.05) is 19.0 Å². The molecule has 6 heteroatoms. The molecule has 1 aromatic rings. The number of carbonyl (C=O) groups is 2. The number of carboxylic acids is 1. The lowest BCUT2D eigenvalue weighted by Gasteiger charge is -2.14. The molecule has 0 spiro atoms. The van der Waals surface area contributed by atoms with Gasteiger partial charge >= 0.3 is 12.0 Å². The molecule has 0 saturated carbocycles. The third-order valence-electron chi connectivity index (χ3n) is 2.51. The SMILES string of the molecule is COc1ccc(NC(=O)NCC(=O)O)cc1C(C)C. The van der Waals surface area contributed by atoms with Crippen molar-refractivity contribution in [3.05, 3.63) is 23.8 Å². The Bertz CT molecular complexity index is 472. The first-order valence-electron chi connectivity index (χ1n) is 5.88. The van der Waals surface area contributed by atoms with Gasteiger partial charge in [-0.3, -0.25) is 4.79 Å². The Kier molecular flexibility index (Phi) is 5.17. The van der Waals surface area contributed by atoms with Crippen LogP contribution in [0.3, 0.4) is 0 Å². The van der Waals surface area contributed by atoms with E-state index in [1.54, 1.807) is 19.2 Å². The second-order valence-corrected chi connectivity index (χ2v) is 4.31. The van der Waals surface area contributed by atoms with E-state index >= 15 is 0 Å². The van der Waals surface area contributed by atoms with Crippen molar-refractivity contribution in [1.82, 2.24) is 5.32 Å². The summed E-state index contributed by atoms with van der Waals surface area (Å²) in [6.07, 6.45) is 0. The highest BCUT2D eigenvalue weighted by Gasteiger charge is 2.10. The summed E-state index contributed by atoms with van der Waals surface area (Å²) in [5, 5.41) is 13.3. The summed E-state index contributed by atoms with van der Waals surface area (Å²) < 4.78 is 5.24. The maximum atomic E-state index is 11.4. The van der Waals surface area contributed by atoms with Crippen LogP contribution in [-0.2, 0) is 4.79 Å². The predicted octanol–water partition coefficient (Wildman–Crippen LogP) is 2.02. The average Bonchev–Trinajstić information content (AvgIpc) is 2.36. The Morgan fingerprint density at radius 2 is 2.05 bits per heavy atom. The van der Waals surface area contributed by atoms with Gasteiger partial charge in [0.25, 0.3) is 0 Å². The fourth-order valence-corrected chi connectivity index (χ4v) is 1.59. The molecule has 2 amide bonds. The fraction of sp³-hybridized carbons (Fsp3) is 0.385. The third-order valence-corrected chi connectivity index (χ3v) is 2.51. The molecule has 1 aromatic carbocycles. The van der Waals surface area contributed by atoms with Crippen LogP contribution in [0, 0.1) is 0 Å². The molecule has 19 heavy (non-hydrogen) atoms. The average molecular weight is 266 g/mol. The number of carbonyl (C=O) groups excluding carboxylic acids is 1. The highest BCUT2D eigenvalue weighted by atomic mass is 16.5. The Morgan fingerprint density at radius 1 is 1.37 bits per heavy atom. The molecule has 0 aromatic heterocycles. The van der Waals surface area contributed by atoms with Crippen LogP contribution in [0.4, 0.5) is 10.5 Å². The number of amides is 2. The smallest absolute Gasteiger partial charge is 0.323 e. The number of benzene rings is 1. The zero-order valence-corrected chi connectivity index (χ0v) is 11.2. The highest BCUT2D eigenvalue weighted by molar-refractivity contribution is 5.91. The van der Waals surface area contributed by atoms with Crippen molar-refractivity contribution in [2.45, 2.75) is 19.8 Å². The number of aliphatic carboxylic acids is 1. The molecule has 104 valence electrons. The lowest BCUT2D eigenvalue weighted by molar-refractivity contribution is -0.135. The molecule has 1 rings (SSSR count). The number of ether oxygens (including phenoxy) is 1. The zero-order valence-electron chi connectivity index (χ0n) is 11.2. The first kappa shape index (κ1) is 14.8. The van der Waals surface area contributed by atoms with Crippen LogP contribution in [0.5, 0.6) is 5.75 Å². The van der Waals surface area contributed by atoms with Gasteiger partial charge < -0.3 is 20.5 Å². The quantitative estimate of drug-likeness (QED) is 0.761. The molecule has 0 unspecified atom stereocenters. The molecule has 0 aliphatic rings. The molecule has 0 fully saturated rings. The molecule has 0 atom stereocenters. The maximum absolute atomic E-state index is 11.4. The molecule has 3 N–H and O–H groups in total. The van der Waals surface area contributed by atoms with Crippen LogP contribution in [0.1, 0.15) is 25.3 Å². The standard InChI is InChI=1S/C13H18N2O4/c1-8(2)10-6-9(4-5-11(10)19-3)15-13(18)14-7-12(16)17/h4-6,8H,7H2,1-3H3,(H,16,17)(H2,14,15,18). The minimum absolute atomic E-state index is 0.249. The van der Waals surface area contributed by atoms with Gasteiger partial charge in [-0.15, -0.1) is 0 Å². The van der Waals surface area contributed by atoms with Gasteiger partial charge in [-0.05, 0) is 29.7 Å². The number of rotatable bonds is 5. The van der Waals surface area contributed by atoms with Crippen molar-refractivity contribution in [1.29, 1.82) is 0 Å². The van der Waals surface area contributed by atoms with Gasteiger partial charge in [-0.1, -0.05) is 13.8 Å². The van der Waals surface area contributed by atoms with E-state index in [-0.39, 0.29) is 5.92 Å². The van der Waals surface area contributed by atoms with Crippen LogP contribution < -0.4 is 15.4 Å².